The van der Waals surface area contributed by atoms with E-state index in [1.807, 2.05) is 0 Å². The van der Waals surface area contributed by atoms with E-state index in [0.717, 1.165) is 36.8 Å². The molecule has 4 rings (SSSR count). The van der Waals surface area contributed by atoms with Gasteiger partial charge in [0, 0.05) is 0 Å². The maximum Gasteiger partial charge on any atom is 0.424 e. The van der Waals surface area contributed by atoms with Gasteiger partial charge < -0.3 is 9.47 Å². The molecule has 0 aromatic heterocycles. The van der Waals surface area contributed by atoms with Crippen LogP contribution in [0.5, 0.6) is 5.75 Å². The zero-order valence-corrected chi connectivity index (χ0v) is 20.5. The van der Waals surface area contributed by atoms with Gasteiger partial charge in [-0.2, -0.15) is 8.78 Å². The third-order valence-electron chi connectivity index (χ3n) is 8.78. The van der Waals surface area contributed by atoms with Crippen LogP contribution < -0.4 is 4.74 Å². The number of aryl methyl sites for hydroxylation is 1. The molecule has 0 amide bonds. The zero-order valence-electron chi connectivity index (χ0n) is 20.5. The maximum atomic E-state index is 14.8. The number of halogens is 5. The van der Waals surface area contributed by atoms with Gasteiger partial charge in [0.05, 0.1) is 12.2 Å². The molecule has 0 radical (unpaired) electrons. The Hall–Kier alpha value is -1.63. The van der Waals surface area contributed by atoms with Crippen LogP contribution in [-0.4, -0.2) is 18.8 Å². The first-order valence-corrected chi connectivity index (χ1v) is 13.1. The lowest BCUT2D eigenvalue weighted by Crippen LogP contribution is -2.46. The van der Waals surface area contributed by atoms with Crippen molar-refractivity contribution in [3.05, 3.63) is 41.7 Å². The summed E-state index contributed by atoms with van der Waals surface area (Å²) in [7, 11) is 0. The van der Waals surface area contributed by atoms with Gasteiger partial charge in [-0.15, -0.1) is 6.58 Å². The van der Waals surface area contributed by atoms with Crippen molar-refractivity contribution in [1.29, 1.82) is 0 Å². The largest absolute Gasteiger partial charge is 0.430 e. The highest BCUT2D eigenvalue weighted by Crippen LogP contribution is 2.45. The van der Waals surface area contributed by atoms with Crippen LogP contribution in [0.1, 0.15) is 81.8 Å². The van der Waals surface area contributed by atoms with Crippen LogP contribution in [0.4, 0.5) is 22.0 Å². The molecule has 2 atom stereocenters. The summed E-state index contributed by atoms with van der Waals surface area (Å²) in [5, 5.41) is 0. The van der Waals surface area contributed by atoms with Crippen molar-refractivity contribution in [2.24, 2.45) is 29.6 Å². The van der Waals surface area contributed by atoms with E-state index in [2.05, 4.69) is 17.4 Å². The van der Waals surface area contributed by atoms with Gasteiger partial charge in [-0.05, 0) is 112 Å². The van der Waals surface area contributed by atoms with E-state index in [1.54, 1.807) is 0 Å². The average Bonchev–Trinajstić information content (AvgIpc) is 2.86. The Morgan fingerprint density at radius 1 is 0.914 bits per heavy atom. The Labute approximate surface area is 205 Å². The van der Waals surface area contributed by atoms with E-state index in [1.165, 1.54) is 45.4 Å². The molecule has 196 valence electrons. The minimum atomic E-state index is -3.82. The third-order valence-corrected chi connectivity index (χ3v) is 8.78. The number of alkyl halides is 4. The molecule has 7 heteroatoms. The summed E-state index contributed by atoms with van der Waals surface area (Å²) < 4.78 is 80.6. The molecular formula is C28H37F5O2. The van der Waals surface area contributed by atoms with Gasteiger partial charge in [-0.1, -0.05) is 12.1 Å². The van der Waals surface area contributed by atoms with Crippen molar-refractivity contribution in [2.75, 3.05) is 6.61 Å². The summed E-state index contributed by atoms with van der Waals surface area (Å²) >= 11 is 0. The third kappa shape index (κ3) is 6.03. The second-order valence-electron chi connectivity index (χ2n) is 10.8. The summed E-state index contributed by atoms with van der Waals surface area (Å²) in [5.41, 5.74) is -1.18. The molecule has 3 fully saturated rings. The Bertz CT molecular complexity index is 849. The molecule has 1 aliphatic heterocycles. The first-order valence-electron chi connectivity index (χ1n) is 13.1. The summed E-state index contributed by atoms with van der Waals surface area (Å²) in [6, 6.07) is 2.13. The van der Waals surface area contributed by atoms with Gasteiger partial charge in [0.25, 0.3) is 6.43 Å². The highest BCUT2D eigenvalue weighted by atomic mass is 19.3. The number of benzene rings is 1. The molecule has 0 bridgehead atoms. The van der Waals surface area contributed by atoms with Crippen LogP contribution in [0.2, 0.25) is 0 Å². The lowest BCUT2D eigenvalue weighted by molar-refractivity contribution is -0.267. The van der Waals surface area contributed by atoms with Crippen molar-refractivity contribution in [2.45, 2.75) is 89.8 Å². The number of hydrogen-bond acceptors (Lipinski definition) is 2. The Balaban J connectivity index is 1.27. The molecule has 35 heavy (non-hydrogen) atoms. The second-order valence-corrected chi connectivity index (χ2v) is 10.8. The fraction of sp³-hybridized carbons (Fsp3) is 0.714. The van der Waals surface area contributed by atoms with Crippen molar-refractivity contribution >= 4 is 0 Å². The van der Waals surface area contributed by atoms with Crippen LogP contribution in [0, 0.1) is 42.3 Å². The van der Waals surface area contributed by atoms with E-state index < -0.39 is 35.8 Å². The molecule has 0 N–H and O–H groups in total. The highest BCUT2D eigenvalue weighted by Gasteiger charge is 2.47. The highest BCUT2D eigenvalue weighted by molar-refractivity contribution is 5.39. The molecule has 1 aromatic carbocycles. The van der Waals surface area contributed by atoms with Gasteiger partial charge in [-0.25, -0.2) is 13.2 Å². The molecule has 2 nitrogen and oxygen atoms in total. The van der Waals surface area contributed by atoms with Crippen molar-refractivity contribution in [3.8, 4) is 5.75 Å². The maximum absolute atomic E-state index is 14.8. The van der Waals surface area contributed by atoms with Gasteiger partial charge in [0.1, 0.15) is 11.6 Å². The van der Waals surface area contributed by atoms with Crippen molar-refractivity contribution < 1.29 is 31.4 Å². The molecule has 2 aliphatic carbocycles. The van der Waals surface area contributed by atoms with E-state index in [4.69, 9.17) is 4.74 Å². The van der Waals surface area contributed by atoms with Crippen molar-refractivity contribution in [3.63, 3.8) is 0 Å². The lowest BCUT2D eigenvalue weighted by Gasteiger charge is -2.41. The summed E-state index contributed by atoms with van der Waals surface area (Å²) in [4.78, 5) is 0. The van der Waals surface area contributed by atoms with Crippen LogP contribution in [0.3, 0.4) is 0 Å². The van der Waals surface area contributed by atoms with Gasteiger partial charge in [-0.3, -0.25) is 0 Å². The Kier molecular flexibility index (Phi) is 8.45. The monoisotopic (exact) mass is 500 g/mol. The van der Waals surface area contributed by atoms with E-state index in [-0.39, 0.29) is 24.5 Å². The first kappa shape index (κ1) is 26.4. The Morgan fingerprint density at radius 2 is 1.46 bits per heavy atom. The number of rotatable bonds is 7. The number of hydrogen-bond donors (Lipinski definition) is 0. The minimum Gasteiger partial charge on any atom is -0.430 e. The van der Waals surface area contributed by atoms with Crippen LogP contribution in [-0.2, 0) is 4.74 Å². The lowest BCUT2D eigenvalue weighted by atomic mass is 9.67. The summed E-state index contributed by atoms with van der Waals surface area (Å²) in [5.74, 6) is 0.895. The Morgan fingerprint density at radius 3 is 1.97 bits per heavy atom. The molecule has 1 saturated heterocycles. The normalized spacial score (nSPS) is 32.4. The molecular weight excluding hydrogens is 463 g/mol. The minimum absolute atomic E-state index is 0.0492. The van der Waals surface area contributed by atoms with E-state index >= 15 is 0 Å². The second kappa shape index (κ2) is 11.2. The summed E-state index contributed by atoms with van der Waals surface area (Å²) in [6.07, 6.45) is 3.83. The molecule has 0 spiro atoms. The van der Waals surface area contributed by atoms with Gasteiger partial charge >= 0.3 is 6.11 Å². The summed E-state index contributed by atoms with van der Waals surface area (Å²) in [6.45, 7) is 5.45. The first-order chi connectivity index (χ1) is 16.7. The fourth-order valence-corrected chi connectivity index (χ4v) is 6.54. The topological polar surface area (TPSA) is 18.5 Å². The SMILES string of the molecule is C=CC1CCC(C2CCC(C3CCC(C(F)(F)Oc4ccc(C)c(F)c4C(F)F)OC3)CC2)CC1. The average molecular weight is 501 g/mol. The predicted molar refractivity (Wildman–Crippen MR) is 125 cm³/mol. The fourth-order valence-electron chi connectivity index (χ4n) is 6.54. The zero-order chi connectivity index (χ0) is 25.2. The van der Waals surface area contributed by atoms with Crippen LogP contribution in [0.15, 0.2) is 24.8 Å². The number of allylic oxidation sites excluding steroid dienone is 1. The number of ether oxygens (including phenoxy) is 2. The van der Waals surface area contributed by atoms with Gasteiger partial charge in [0.2, 0.25) is 0 Å². The molecule has 2 unspecified atom stereocenters. The molecule has 2 saturated carbocycles. The standard InChI is InChI=1S/C28H37F5O2/c1-3-18-5-7-19(8-6-18)20-9-11-21(12-10-20)22-13-15-24(34-16-22)28(32,33)35-23-14-4-17(2)26(29)25(23)27(30)31/h3-4,14,18-22,24,27H,1,5-13,15-16H2,2H3. The molecule has 1 heterocycles. The van der Waals surface area contributed by atoms with E-state index in [9.17, 15) is 22.0 Å². The molecule has 1 aromatic rings. The van der Waals surface area contributed by atoms with E-state index in [0.29, 0.717) is 18.3 Å². The predicted octanol–water partition coefficient (Wildman–Crippen LogP) is 8.64. The van der Waals surface area contributed by atoms with Crippen LogP contribution >= 0.6 is 0 Å². The quantitative estimate of drug-likeness (QED) is 0.276. The van der Waals surface area contributed by atoms with Crippen molar-refractivity contribution in [1.82, 2.24) is 0 Å². The van der Waals surface area contributed by atoms with Crippen LogP contribution in [0.25, 0.3) is 0 Å². The molecule has 3 aliphatic rings. The smallest absolute Gasteiger partial charge is 0.424 e. The van der Waals surface area contributed by atoms with Gasteiger partial charge in [0.15, 0.2) is 6.10 Å².